The Hall–Kier alpha value is -3.14. The van der Waals surface area contributed by atoms with Crippen LogP contribution in [0.5, 0.6) is 11.5 Å². The molecule has 0 radical (unpaired) electrons. The number of amides is 1. The summed E-state index contributed by atoms with van der Waals surface area (Å²) in [6.45, 7) is 1.36. The Labute approximate surface area is 168 Å². The minimum Gasteiger partial charge on any atom is -0.451 e. The predicted octanol–water partition coefficient (Wildman–Crippen LogP) is 4.83. The minimum absolute atomic E-state index is 0.132. The van der Waals surface area contributed by atoms with Crippen molar-refractivity contribution in [2.45, 2.75) is 19.9 Å². The first kappa shape index (κ1) is 22.2. The van der Waals surface area contributed by atoms with E-state index in [1.54, 1.807) is 19.1 Å². The Bertz CT molecular complexity index is 890. The number of ether oxygens (including phenoxy) is 2. The molecular formula is C18H16ClF3N2O5. The van der Waals surface area contributed by atoms with Gasteiger partial charge in [-0.3, -0.25) is 0 Å². The molecule has 29 heavy (non-hydrogen) atoms. The fourth-order valence-electron chi connectivity index (χ4n) is 2.04. The molecule has 0 heterocycles. The van der Waals surface area contributed by atoms with Crippen LogP contribution in [0, 0.1) is 0 Å². The summed E-state index contributed by atoms with van der Waals surface area (Å²) in [6.07, 6.45) is -5.63. The summed E-state index contributed by atoms with van der Waals surface area (Å²) >= 11 is 5.99. The van der Waals surface area contributed by atoms with Gasteiger partial charge >= 0.3 is 12.5 Å². The number of nitrogens with one attached hydrogen (secondary N) is 1. The Morgan fingerprint density at radius 2 is 1.90 bits per heavy atom. The quantitative estimate of drug-likeness (QED) is 0.501. The van der Waals surface area contributed by atoms with Crippen LogP contribution in [0.15, 0.2) is 47.6 Å². The van der Waals surface area contributed by atoms with Crippen molar-refractivity contribution in [3.05, 3.63) is 58.6 Å². The number of oxime groups is 1. The average Bonchev–Trinajstić information content (AvgIpc) is 2.67. The van der Waals surface area contributed by atoms with E-state index in [9.17, 15) is 18.0 Å². The van der Waals surface area contributed by atoms with Gasteiger partial charge < -0.3 is 19.1 Å². The maximum atomic E-state index is 12.5. The normalized spacial score (nSPS) is 11.6. The number of benzene rings is 2. The van der Waals surface area contributed by atoms with Crippen molar-refractivity contribution in [3.8, 4) is 11.5 Å². The number of alkyl halides is 3. The molecule has 0 aliphatic heterocycles. The molecule has 1 N–H and O–H groups in total. The smallest absolute Gasteiger partial charge is 0.451 e. The molecule has 0 saturated carbocycles. The number of carbonyl (C=O) groups is 1. The fraction of sp³-hybridized carbons (Fsp3) is 0.222. The van der Waals surface area contributed by atoms with Gasteiger partial charge in [-0.15, -0.1) is 13.2 Å². The summed E-state index contributed by atoms with van der Waals surface area (Å²) in [5, 5.41) is 4.10. The molecule has 0 unspecified atom stereocenters. The Kier molecular flexibility index (Phi) is 7.54. The number of nitrogens with zero attached hydrogens (tertiary/aromatic N) is 1. The second-order valence-corrected chi connectivity index (χ2v) is 5.85. The van der Waals surface area contributed by atoms with Gasteiger partial charge in [-0.05, 0) is 25.1 Å². The first-order valence-electron chi connectivity index (χ1n) is 8.00. The Morgan fingerprint density at radius 3 is 2.59 bits per heavy atom. The topological polar surface area (TPSA) is 78.4 Å². The summed E-state index contributed by atoms with van der Waals surface area (Å²) in [7, 11) is 1.17. The van der Waals surface area contributed by atoms with Gasteiger partial charge in [0, 0.05) is 11.1 Å². The van der Waals surface area contributed by atoms with Crippen molar-refractivity contribution in [3.63, 3.8) is 0 Å². The second kappa shape index (κ2) is 9.87. The molecule has 2 aromatic rings. The molecule has 7 nitrogen and oxygen atoms in total. The highest BCUT2D eigenvalue weighted by atomic mass is 35.5. The Morgan fingerprint density at radius 1 is 1.17 bits per heavy atom. The van der Waals surface area contributed by atoms with Gasteiger partial charge in [0.25, 0.3) is 0 Å². The van der Waals surface area contributed by atoms with Crippen LogP contribution in [0.4, 0.5) is 18.0 Å². The van der Waals surface area contributed by atoms with Crippen LogP contribution in [0.1, 0.15) is 18.1 Å². The zero-order chi connectivity index (χ0) is 21.4. The molecule has 1 amide bonds. The lowest BCUT2D eigenvalue weighted by Crippen LogP contribution is -2.26. The molecule has 2 aromatic carbocycles. The van der Waals surface area contributed by atoms with E-state index in [2.05, 4.69) is 14.6 Å². The highest BCUT2D eigenvalue weighted by Crippen LogP contribution is 2.27. The summed E-state index contributed by atoms with van der Waals surface area (Å²) in [5.41, 5.74) is 3.12. The van der Waals surface area contributed by atoms with Gasteiger partial charge in [-0.2, -0.15) is 5.48 Å². The van der Waals surface area contributed by atoms with Crippen LogP contribution in [-0.2, 0) is 16.2 Å². The maximum Gasteiger partial charge on any atom is 0.573 e. The third kappa shape index (κ3) is 7.07. The van der Waals surface area contributed by atoms with Crippen molar-refractivity contribution >= 4 is 23.4 Å². The van der Waals surface area contributed by atoms with Gasteiger partial charge in [-0.25, -0.2) is 4.79 Å². The van der Waals surface area contributed by atoms with E-state index in [4.69, 9.17) is 21.3 Å². The van der Waals surface area contributed by atoms with Crippen LogP contribution in [0.2, 0.25) is 5.02 Å². The van der Waals surface area contributed by atoms with E-state index in [1.165, 1.54) is 37.4 Å². The lowest BCUT2D eigenvalue weighted by Gasteiger charge is -2.12. The third-order valence-corrected chi connectivity index (χ3v) is 3.71. The molecule has 0 fully saturated rings. The number of rotatable bonds is 7. The number of hydrogen-bond acceptors (Lipinski definition) is 6. The number of carbonyl (C=O) groups excluding carboxylic acids is 1. The minimum atomic E-state index is -4.81. The summed E-state index contributed by atoms with van der Waals surface area (Å²) in [4.78, 5) is 21.3. The fourth-order valence-corrected chi connectivity index (χ4v) is 2.20. The third-order valence-electron chi connectivity index (χ3n) is 3.40. The van der Waals surface area contributed by atoms with Crippen LogP contribution >= 0.6 is 11.6 Å². The number of para-hydroxylation sites is 1. The number of hydrogen-bond donors (Lipinski definition) is 1. The summed E-state index contributed by atoms with van der Waals surface area (Å²) < 4.78 is 45.7. The van der Waals surface area contributed by atoms with Crippen molar-refractivity contribution in [2.75, 3.05) is 7.11 Å². The SMILES string of the molecule is COC(=O)NOc1cc(/C(C)=N/OCc2ccccc2OC(F)(F)F)ccc1Cl. The average molecular weight is 433 g/mol. The zero-order valence-corrected chi connectivity index (χ0v) is 16.0. The monoisotopic (exact) mass is 432 g/mol. The number of hydroxylamine groups is 1. The summed E-state index contributed by atoms with van der Waals surface area (Å²) in [5.74, 6) is -0.239. The van der Waals surface area contributed by atoms with Crippen LogP contribution in [0.25, 0.3) is 0 Å². The van der Waals surface area contributed by atoms with E-state index in [-0.39, 0.29) is 28.7 Å². The van der Waals surface area contributed by atoms with Crippen molar-refractivity contribution in [1.29, 1.82) is 0 Å². The van der Waals surface area contributed by atoms with Gasteiger partial charge in [0.05, 0.1) is 17.8 Å². The molecule has 11 heteroatoms. The number of methoxy groups -OCH3 is 1. The van der Waals surface area contributed by atoms with Crippen LogP contribution < -0.4 is 15.1 Å². The molecular weight excluding hydrogens is 417 g/mol. The molecule has 0 spiro atoms. The predicted molar refractivity (Wildman–Crippen MR) is 97.7 cm³/mol. The second-order valence-electron chi connectivity index (χ2n) is 5.45. The molecule has 0 saturated heterocycles. The molecule has 0 aromatic heterocycles. The highest BCUT2D eigenvalue weighted by Gasteiger charge is 2.32. The standard InChI is InChI=1S/C18H16ClF3N2O5/c1-11(12-7-8-14(19)16(9-12)29-24-17(25)26-2)23-27-10-13-5-3-4-6-15(13)28-18(20,21)22/h3-9H,10H2,1-2H3,(H,24,25)/b23-11+. The van der Waals surface area contributed by atoms with Gasteiger partial charge in [0.15, 0.2) is 5.75 Å². The van der Waals surface area contributed by atoms with E-state index >= 15 is 0 Å². The molecule has 0 atom stereocenters. The van der Waals surface area contributed by atoms with Crippen molar-refractivity contribution in [2.24, 2.45) is 5.16 Å². The summed E-state index contributed by atoms with van der Waals surface area (Å²) in [6, 6.07) is 10.2. The molecule has 0 aliphatic carbocycles. The van der Waals surface area contributed by atoms with Gasteiger partial charge in [0.2, 0.25) is 0 Å². The lowest BCUT2D eigenvalue weighted by atomic mass is 10.1. The van der Waals surface area contributed by atoms with E-state index in [0.717, 1.165) is 0 Å². The van der Waals surface area contributed by atoms with Crippen molar-refractivity contribution < 1.29 is 37.1 Å². The molecule has 0 aliphatic rings. The zero-order valence-electron chi connectivity index (χ0n) is 15.2. The first-order chi connectivity index (χ1) is 13.7. The largest absolute Gasteiger partial charge is 0.573 e. The molecule has 156 valence electrons. The lowest BCUT2D eigenvalue weighted by molar-refractivity contribution is -0.275. The Balaban J connectivity index is 2.06. The van der Waals surface area contributed by atoms with Crippen molar-refractivity contribution in [1.82, 2.24) is 5.48 Å². The van der Waals surface area contributed by atoms with E-state index < -0.39 is 12.5 Å². The number of halogens is 4. The van der Waals surface area contributed by atoms with Gasteiger partial charge in [0.1, 0.15) is 12.4 Å². The van der Waals surface area contributed by atoms with Gasteiger partial charge in [-0.1, -0.05) is 41.0 Å². The highest BCUT2D eigenvalue weighted by molar-refractivity contribution is 6.32. The molecule has 2 rings (SSSR count). The van der Waals surface area contributed by atoms with Crippen LogP contribution in [-0.4, -0.2) is 25.3 Å². The van der Waals surface area contributed by atoms with E-state index in [1.807, 2.05) is 5.48 Å². The van der Waals surface area contributed by atoms with Crippen LogP contribution in [0.3, 0.4) is 0 Å². The first-order valence-corrected chi connectivity index (χ1v) is 8.38. The maximum absolute atomic E-state index is 12.5. The molecule has 0 bridgehead atoms. The van der Waals surface area contributed by atoms with E-state index in [0.29, 0.717) is 11.3 Å².